The van der Waals surface area contributed by atoms with Crippen LogP contribution in [0, 0.1) is 0 Å². The van der Waals surface area contributed by atoms with Crippen LogP contribution in [0.5, 0.6) is 0 Å². The minimum atomic E-state index is -3.25. The smallest absolute Gasteiger partial charge is 0.326 e. The Morgan fingerprint density at radius 2 is 2.11 bits per heavy atom. The van der Waals surface area contributed by atoms with Crippen LogP contribution in [0.2, 0.25) is 0 Å². The van der Waals surface area contributed by atoms with Gasteiger partial charge in [-0.3, -0.25) is 4.79 Å². The number of sulfone groups is 1. The molecule has 19 heavy (non-hydrogen) atoms. The van der Waals surface area contributed by atoms with Gasteiger partial charge in [-0.25, -0.2) is 13.2 Å². The Morgan fingerprint density at radius 1 is 1.47 bits per heavy atom. The van der Waals surface area contributed by atoms with E-state index in [9.17, 15) is 18.0 Å². The minimum Gasteiger partial charge on any atom is -0.480 e. The molecule has 1 aliphatic heterocycles. The standard InChI is InChI=1S/C11H20N2O5S/c1-11(5-3-6-12-11)10(16)13-8(9(14)15)4-7-19(2,17)18/h8,12H,3-7H2,1-2H3,(H,13,16)(H,14,15). The lowest BCUT2D eigenvalue weighted by Crippen LogP contribution is -2.55. The first-order valence-corrected chi connectivity index (χ1v) is 8.17. The largest absolute Gasteiger partial charge is 0.480 e. The maximum atomic E-state index is 12.0. The highest BCUT2D eigenvalue weighted by molar-refractivity contribution is 7.90. The number of carbonyl (C=O) groups excluding carboxylic acids is 1. The Morgan fingerprint density at radius 3 is 2.53 bits per heavy atom. The third-order valence-corrected chi connectivity index (χ3v) is 4.23. The van der Waals surface area contributed by atoms with Crippen LogP contribution < -0.4 is 10.6 Å². The fourth-order valence-electron chi connectivity index (χ4n) is 2.00. The summed E-state index contributed by atoms with van der Waals surface area (Å²) in [6.45, 7) is 2.43. The molecule has 0 aliphatic carbocycles. The molecule has 1 rings (SSSR count). The van der Waals surface area contributed by atoms with Gasteiger partial charge in [0.05, 0.1) is 11.3 Å². The van der Waals surface area contributed by atoms with Crippen LogP contribution in [0.1, 0.15) is 26.2 Å². The first-order chi connectivity index (χ1) is 8.64. The van der Waals surface area contributed by atoms with E-state index in [-0.39, 0.29) is 12.2 Å². The molecule has 0 saturated carbocycles. The predicted octanol–water partition coefficient (Wildman–Crippen LogP) is -0.867. The first-order valence-electron chi connectivity index (χ1n) is 6.10. The van der Waals surface area contributed by atoms with E-state index in [4.69, 9.17) is 5.11 Å². The number of carbonyl (C=O) groups is 2. The van der Waals surface area contributed by atoms with Gasteiger partial charge in [-0.2, -0.15) is 0 Å². The minimum absolute atomic E-state index is 0.129. The summed E-state index contributed by atoms with van der Waals surface area (Å²) in [5.74, 6) is -1.89. The number of hydrogen-bond acceptors (Lipinski definition) is 5. The van der Waals surface area contributed by atoms with Crippen molar-refractivity contribution in [1.82, 2.24) is 10.6 Å². The summed E-state index contributed by atoms with van der Waals surface area (Å²) in [5.41, 5.74) is -0.765. The number of hydrogen-bond donors (Lipinski definition) is 3. The summed E-state index contributed by atoms with van der Waals surface area (Å²) in [4.78, 5) is 23.1. The fourth-order valence-corrected chi connectivity index (χ4v) is 2.66. The zero-order valence-corrected chi connectivity index (χ0v) is 11.9. The van der Waals surface area contributed by atoms with E-state index in [2.05, 4.69) is 10.6 Å². The third kappa shape index (κ3) is 4.79. The molecule has 1 aliphatic rings. The van der Waals surface area contributed by atoms with E-state index in [0.29, 0.717) is 13.0 Å². The van der Waals surface area contributed by atoms with Gasteiger partial charge in [-0.1, -0.05) is 0 Å². The number of aliphatic carboxylic acids is 1. The molecule has 0 aromatic heterocycles. The second-order valence-corrected chi connectivity index (χ2v) is 7.41. The third-order valence-electron chi connectivity index (χ3n) is 3.25. The van der Waals surface area contributed by atoms with Crippen molar-refractivity contribution in [1.29, 1.82) is 0 Å². The molecule has 2 atom stereocenters. The summed E-state index contributed by atoms with van der Waals surface area (Å²) in [6, 6.07) is -1.18. The van der Waals surface area contributed by atoms with Gasteiger partial charge >= 0.3 is 5.97 Å². The van der Waals surface area contributed by atoms with Gasteiger partial charge in [0.2, 0.25) is 5.91 Å². The summed E-state index contributed by atoms with van der Waals surface area (Å²) in [5, 5.41) is 14.4. The lowest BCUT2D eigenvalue weighted by molar-refractivity contribution is -0.142. The van der Waals surface area contributed by atoms with Gasteiger partial charge in [-0.15, -0.1) is 0 Å². The Kier molecular flexibility index (Phi) is 4.92. The molecule has 1 amide bonds. The maximum absolute atomic E-state index is 12.0. The highest BCUT2D eigenvalue weighted by atomic mass is 32.2. The number of carboxylic acids is 1. The summed E-state index contributed by atoms with van der Waals surface area (Å²) >= 11 is 0. The van der Waals surface area contributed by atoms with Crippen LogP contribution in [-0.2, 0) is 19.4 Å². The zero-order chi connectivity index (χ0) is 14.7. The first kappa shape index (κ1) is 15.9. The van der Waals surface area contributed by atoms with Crippen LogP contribution in [0.3, 0.4) is 0 Å². The van der Waals surface area contributed by atoms with Crippen molar-refractivity contribution in [2.75, 3.05) is 18.6 Å². The van der Waals surface area contributed by atoms with E-state index in [1.807, 2.05) is 0 Å². The summed E-state index contributed by atoms with van der Waals surface area (Å²) in [6.07, 6.45) is 2.39. The van der Waals surface area contributed by atoms with Gasteiger partial charge < -0.3 is 15.7 Å². The van der Waals surface area contributed by atoms with Crippen molar-refractivity contribution >= 4 is 21.7 Å². The molecule has 0 radical (unpaired) electrons. The lowest BCUT2D eigenvalue weighted by atomic mass is 9.98. The zero-order valence-electron chi connectivity index (χ0n) is 11.1. The van der Waals surface area contributed by atoms with Crippen molar-refractivity contribution in [2.24, 2.45) is 0 Å². The van der Waals surface area contributed by atoms with Crippen LogP contribution >= 0.6 is 0 Å². The second-order valence-electron chi connectivity index (χ2n) is 5.15. The molecule has 8 heteroatoms. The molecular weight excluding hydrogens is 272 g/mol. The highest BCUT2D eigenvalue weighted by Crippen LogP contribution is 2.18. The molecule has 3 N–H and O–H groups in total. The Hall–Kier alpha value is -1.15. The van der Waals surface area contributed by atoms with Crippen molar-refractivity contribution in [3.63, 3.8) is 0 Å². The Bertz CT molecular complexity index is 454. The monoisotopic (exact) mass is 292 g/mol. The van der Waals surface area contributed by atoms with E-state index >= 15 is 0 Å². The van der Waals surface area contributed by atoms with Crippen LogP contribution in [0.15, 0.2) is 0 Å². The van der Waals surface area contributed by atoms with Gasteiger partial charge in [0, 0.05) is 6.26 Å². The van der Waals surface area contributed by atoms with Crippen molar-refractivity contribution in [3.8, 4) is 0 Å². The molecule has 110 valence electrons. The average Bonchev–Trinajstić information content (AvgIpc) is 2.70. The number of rotatable bonds is 6. The Labute approximate surface area is 112 Å². The fraction of sp³-hybridized carbons (Fsp3) is 0.818. The average molecular weight is 292 g/mol. The highest BCUT2D eigenvalue weighted by Gasteiger charge is 2.37. The van der Waals surface area contributed by atoms with Crippen molar-refractivity contribution in [3.05, 3.63) is 0 Å². The van der Waals surface area contributed by atoms with E-state index in [1.165, 1.54) is 0 Å². The van der Waals surface area contributed by atoms with E-state index in [0.717, 1.165) is 12.7 Å². The molecule has 0 aromatic carbocycles. The number of carboxylic acid groups (broad SMARTS) is 1. The Balaban J connectivity index is 2.63. The van der Waals surface area contributed by atoms with Crippen molar-refractivity contribution < 1.29 is 23.1 Å². The van der Waals surface area contributed by atoms with Crippen molar-refractivity contribution in [2.45, 2.75) is 37.8 Å². The lowest BCUT2D eigenvalue weighted by Gasteiger charge is -2.25. The SMILES string of the molecule is CC1(C(=O)NC(CCS(C)(=O)=O)C(=O)O)CCCN1. The molecule has 7 nitrogen and oxygen atoms in total. The maximum Gasteiger partial charge on any atom is 0.326 e. The molecule has 2 unspecified atom stereocenters. The van der Waals surface area contributed by atoms with Gasteiger partial charge in [0.15, 0.2) is 0 Å². The summed E-state index contributed by atoms with van der Waals surface area (Å²) < 4.78 is 22.1. The van der Waals surface area contributed by atoms with Crippen LogP contribution in [0.4, 0.5) is 0 Å². The van der Waals surface area contributed by atoms with Crippen LogP contribution in [-0.4, -0.2) is 55.5 Å². The van der Waals surface area contributed by atoms with Crippen LogP contribution in [0.25, 0.3) is 0 Å². The number of amides is 1. The topological polar surface area (TPSA) is 113 Å². The van der Waals surface area contributed by atoms with Gasteiger partial charge in [0.1, 0.15) is 15.9 Å². The second kappa shape index (κ2) is 5.87. The molecular formula is C11H20N2O5S. The van der Waals surface area contributed by atoms with E-state index in [1.54, 1.807) is 6.92 Å². The van der Waals surface area contributed by atoms with Gasteiger partial charge in [0.25, 0.3) is 0 Å². The molecule has 1 fully saturated rings. The number of nitrogens with one attached hydrogen (secondary N) is 2. The molecule has 1 saturated heterocycles. The summed E-state index contributed by atoms with van der Waals surface area (Å²) in [7, 11) is -3.25. The predicted molar refractivity (Wildman–Crippen MR) is 69.5 cm³/mol. The molecule has 0 bridgehead atoms. The van der Waals surface area contributed by atoms with Gasteiger partial charge in [-0.05, 0) is 32.7 Å². The quantitative estimate of drug-likeness (QED) is 0.587. The normalized spacial score (nSPS) is 24.9. The molecule has 0 aromatic rings. The molecule has 1 heterocycles. The molecule has 0 spiro atoms. The van der Waals surface area contributed by atoms with E-state index < -0.39 is 33.3 Å².